The minimum Gasteiger partial charge on any atom is -0.252 e. The van der Waals surface area contributed by atoms with Crippen molar-refractivity contribution in [3.05, 3.63) is 69.5 Å². The Morgan fingerprint density at radius 2 is 1.83 bits per heavy atom. The number of nitrogens with zero attached hydrogens (tertiary/aromatic N) is 2. The van der Waals surface area contributed by atoms with Crippen molar-refractivity contribution < 1.29 is 0 Å². The third kappa shape index (κ3) is 4.10. The SMILES string of the molecule is CCc1ccc(/C(C)=N\Nc2nc(-c3ccc(Br)cc3)cs2)cc1. The molecule has 3 rings (SSSR count). The van der Waals surface area contributed by atoms with Crippen molar-refractivity contribution in [2.24, 2.45) is 5.10 Å². The lowest BCUT2D eigenvalue weighted by atomic mass is 10.1. The minimum absolute atomic E-state index is 0.789. The maximum atomic E-state index is 4.59. The molecule has 5 heteroatoms. The number of nitrogens with one attached hydrogen (secondary N) is 1. The summed E-state index contributed by atoms with van der Waals surface area (Å²) in [5, 5.41) is 7.27. The molecular formula is C19H18BrN3S. The molecule has 0 saturated carbocycles. The number of hydrogen-bond donors (Lipinski definition) is 1. The summed E-state index contributed by atoms with van der Waals surface area (Å²) in [4.78, 5) is 4.59. The van der Waals surface area contributed by atoms with Crippen molar-refractivity contribution in [1.82, 2.24) is 4.98 Å². The Morgan fingerprint density at radius 3 is 2.50 bits per heavy atom. The fourth-order valence-electron chi connectivity index (χ4n) is 2.26. The molecule has 0 aliphatic heterocycles. The second kappa shape index (κ2) is 7.73. The van der Waals surface area contributed by atoms with Gasteiger partial charge in [0.05, 0.1) is 11.4 Å². The van der Waals surface area contributed by atoms with Crippen LogP contribution in [0.3, 0.4) is 0 Å². The zero-order chi connectivity index (χ0) is 16.9. The molecule has 3 nitrogen and oxygen atoms in total. The highest BCUT2D eigenvalue weighted by Gasteiger charge is 2.04. The standard InChI is InChI=1S/C19H18BrN3S/c1-3-14-4-6-15(7-5-14)13(2)22-23-19-21-18(12-24-19)16-8-10-17(20)11-9-16/h4-12H,3H2,1-2H3,(H,21,23)/b22-13-. The summed E-state index contributed by atoms with van der Waals surface area (Å²) in [7, 11) is 0. The normalized spacial score (nSPS) is 11.5. The van der Waals surface area contributed by atoms with E-state index in [9.17, 15) is 0 Å². The van der Waals surface area contributed by atoms with Crippen LogP contribution in [0.15, 0.2) is 63.5 Å². The van der Waals surface area contributed by atoms with Crippen LogP contribution in [0.5, 0.6) is 0 Å². The van der Waals surface area contributed by atoms with E-state index in [2.05, 4.69) is 62.6 Å². The molecule has 0 atom stereocenters. The lowest BCUT2D eigenvalue weighted by molar-refractivity contribution is 1.14. The van der Waals surface area contributed by atoms with Crippen molar-refractivity contribution in [1.29, 1.82) is 0 Å². The van der Waals surface area contributed by atoms with E-state index in [1.165, 1.54) is 5.56 Å². The first-order valence-electron chi connectivity index (χ1n) is 7.77. The van der Waals surface area contributed by atoms with Gasteiger partial charge in [-0.05, 0) is 36.6 Å². The monoisotopic (exact) mass is 399 g/mol. The van der Waals surface area contributed by atoms with Gasteiger partial charge in [0.15, 0.2) is 0 Å². The van der Waals surface area contributed by atoms with Gasteiger partial charge in [0.25, 0.3) is 0 Å². The molecule has 0 radical (unpaired) electrons. The molecule has 2 aromatic carbocycles. The fraction of sp³-hybridized carbons (Fsp3) is 0.158. The molecule has 0 spiro atoms. The highest BCUT2D eigenvalue weighted by Crippen LogP contribution is 2.26. The number of aryl methyl sites for hydroxylation is 1. The summed E-state index contributed by atoms with van der Waals surface area (Å²) in [6.45, 7) is 4.15. The second-order valence-electron chi connectivity index (χ2n) is 5.40. The Morgan fingerprint density at radius 1 is 1.12 bits per heavy atom. The van der Waals surface area contributed by atoms with Crippen LogP contribution in [0, 0.1) is 0 Å². The molecule has 0 saturated heterocycles. The zero-order valence-electron chi connectivity index (χ0n) is 13.6. The summed E-state index contributed by atoms with van der Waals surface area (Å²) in [6.07, 6.45) is 1.05. The number of hydrogen-bond acceptors (Lipinski definition) is 4. The fourth-order valence-corrected chi connectivity index (χ4v) is 3.18. The van der Waals surface area contributed by atoms with Gasteiger partial charge >= 0.3 is 0 Å². The number of hydrazone groups is 1. The molecule has 0 aliphatic rings. The predicted molar refractivity (Wildman–Crippen MR) is 107 cm³/mol. The van der Waals surface area contributed by atoms with E-state index >= 15 is 0 Å². The molecule has 1 heterocycles. The average Bonchev–Trinajstić information content (AvgIpc) is 3.09. The molecule has 1 N–H and O–H groups in total. The second-order valence-corrected chi connectivity index (χ2v) is 7.18. The van der Waals surface area contributed by atoms with Gasteiger partial charge in [0.1, 0.15) is 0 Å². The molecule has 122 valence electrons. The number of anilines is 1. The lowest BCUT2D eigenvalue weighted by Crippen LogP contribution is -1.99. The lowest BCUT2D eigenvalue weighted by Gasteiger charge is -2.03. The number of halogens is 1. The number of benzene rings is 2. The van der Waals surface area contributed by atoms with E-state index in [-0.39, 0.29) is 0 Å². The van der Waals surface area contributed by atoms with Crippen molar-refractivity contribution in [3.8, 4) is 11.3 Å². The number of rotatable bonds is 5. The Labute approximate surface area is 154 Å². The molecular weight excluding hydrogens is 382 g/mol. The first-order valence-corrected chi connectivity index (χ1v) is 9.44. The molecule has 0 unspecified atom stereocenters. The molecule has 0 fully saturated rings. The molecule has 3 aromatic rings. The number of thiazole rings is 1. The van der Waals surface area contributed by atoms with E-state index in [4.69, 9.17) is 0 Å². The van der Waals surface area contributed by atoms with Gasteiger partial charge in [0.2, 0.25) is 5.13 Å². The van der Waals surface area contributed by atoms with Gasteiger partial charge in [-0.25, -0.2) is 4.98 Å². The van der Waals surface area contributed by atoms with Crippen molar-refractivity contribution in [3.63, 3.8) is 0 Å². The molecule has 0 aliphatic carbocycles. The van der Waals surface area contributed by atoms with Crippen LogP contribution in [0.1, 0.15) is 25.0 Å². The summed E-state index contributed by atoms with van der Waals surface area (Å²) in [5.74, 6) is 0. The van der Waals surface area contributed by atoms with E-state index in [1.54, 1.807) is 11.3 Å². The summed E-state index contributed by atoms with van der Waals surface area (Å²) >= 11 is 5.00. The van der Waals surface area contributed by atoms with E-state index in [0.717, 1.165) is 38.6 Å². The van der Waals surface area contributed by atoms with Gasteiger partial charge in [-0.2, -0.15) is 5.10 Å². The van der Waals surface area contributed by atoms with Crippen LogP contribution in [0.25, 0.3) is 11.3 Å². The summed E-state index contributed by atoms with van der Waals surface area (Å²) in [6, 6.07) is 16.6. The summed E-state index contributed by atoms with van der Waals surface area (Å²) < 4.78 is 1.06. The van der Waals surface area contributed by atoms with Gasteiger partial charge in [-0.3, -0.25) is 5.43 Å². The van der Waals surface area contributed by atoms with Crippen LogP contribution in [0.4, 0.5) is 5.13 Å². The molecule has 0 bridgehead atoms. The van der Waals surface area contributed by atoms with Crippen LogP contribution in [-0.4, -0.2) is 10.7 Å². The third-order valence-corrected chi connectivity index (χ3v) is 5.02. The molecule has 24 heavy (non-hydrogen) atoms. The number of aromatic nitrogens is 1. The van der Waals surface area contributed by atoms with Crippen molar-refractivity contribution in [2.45, 2.75) is 20.3 Å². The van der Waals surface area contributed by atoms with Crippen molar-refractivity contribution in [2.75, 3.05) is 5.43 Å². The quantitative estimate of drug-likeness (QED) is 0.423. The molecule has 1 aromatic heterocycles. The largest absolute Gasteiger partial charge is 0.252 e. The Bertz CT molecular complexity index is 836. The van der Waals surface area contributed by atoms with Gasteiger partial charge in [0, 0.05) is 15.4 Å². The smallest absolute Gasteiger partial charge is 0.203 e. The van der Waals surface area contributed by atoms with E-state index in [0.29, 0.717) is 0 Å². The van der Waals surface area contributed by atoms with E-state index in [1.807, 2.05) is 36.6 Å². The summed E-state index contributed by atoms with van der Waals surface area (Å²) in [5.41, 5.74) is 8.50. The Hall–Kier alpha value is -1.98. The first kappa shape index (κ1) is 16.9. The van der Waals surface area contributed by atoms with Crippen LogP contribution >= 0.6 is 27.3 Å². The zero-order valence-corrected chi connectivity index (χ0v) is 16.0. The van der Waals surface area contributed by atoms with Gasteiger partial charge in [-0.15, -0.1) is 11.3 Å². The highest BCUT2D eigenvalue weighted by atomic mass is 79.9. The Kier molecular flexibility index (Phi) is 5.43. The first-order chi connectivity index (χ1) is 11.7. The van der Waals surface area contributed by atoms with Gasteiger partial charge in [-0.1, -0.05) is 59.3 Å². The molecule has 0 amide bonds. The van der Waals surface area contributed by atoms with Crippen molar-refractivity contribution >= 4 is 38.1 Å². The minimum atomic E-state index is 0.789. The van der Waals surface area contributed by atoms with Gasteiger partial charge < -0.3 is 0 Å². The highest BCUT2D eigenvalue weighted by molar-refractivity contribution is 9.10. The predicted octanol–water partition coefficient (Wildman–Crippen LogP) is 5.97. The van der Waals surface area contributed by atoms with E-state index < -0.39 is 0 Å². The average molecular weight is 400 g/mol. The van der Waals surface area contributed by atoms with Crippen LogP contribution in [0.2, 0.25) is 0 Å². The van der Waals surface area contributed by atoms with Crippen LogP contribution < -0.4 is 5.43 Å². The Balaban J connectivity index is 1.70. The third-order valence-electron chi connectivity index (χ3n) is 3.74. The maximum absolute atomic E-state index is 4.59. The maximum Gasteiger partial charge on any atom is 0.203 e. The van der Waals surface area contributed by atoms with Crippen LogP contribution in [-0.2, 0) is 6.42 Å². The topological polar surface area (TPSA) is 37.3 Å².